The van der Waals surface area contributed by atoms with Crippen LogP contribution in [0.4, 0.5) is 5.69 Å². The molecule has 1 aromatic carbocycles. The number of halogens is 1. The van der Waals surface area contributed by atoms with Gasteiger partial charge in [-0.1, -0.05) is 11.6 Å². The van der Waals surface area contributed by atoms with Gasteiger partial charge in [0.1, 0.15) is 6.04 Å². The van der Waals surface area contributed by atoms with E-state index >= 15 is 0 Å². The number of carbonyl (C=O) groups is 2. The van der Waals surface area contributed by atoms with Gasteiger partial charge < -0.3 is 0 Å². The zero-order chi connectivity index (χ0) is 18.2. The minimum atomic E-state index is -4.39. The lowest BCUT2D eigenvalue weighted by molar-refractivity contribution is -0.387. The largest absolute Gasteiger partial charge is 0.290 e. The predicted molar refractivity (Wildman–Crippen MR) is 83.8 cm³/mol. The molecule has 24 heavy (non-hydrogen) atoms. The Morgan fingerprint density at radius 3 is 2.50 bits per heavy atom. The third kappa shape index (κ3) is 3.40. The van der Waals surface area contributed by atoms with Crippen LogP contribution in [-0.2, 0) is 19.6 Å². The Kier molecular flexibility index (Phi) is 4.92. The highest BCUT2D eigenvalue weighted by atomic mass is 35.5. The second-order valence-electron chi connectivity index (χ2n) is 5.44. The van der Waals surface area contributed by atoms with Crippen molar-refractivity contribution in [2.75, 3.05) is 0 Å². The van der Waals surface area contributed by atoms with E-state index in [9.17, 15) is 28.1 Å². The number of rotatable bonds is 5. The van der Waals surface area contributed by atoms with E-state index in [4.69, 9.17) is 11.6 Å². The molecular formula is C13H14ClN3O6S. The number of hydrogen-bond acceptors (Lipinski definition) is 6. The number of nitro groups is 1. The molecule has 0 radical (unpaired) electrons. The van der Waals surface area contributed by atoms with E-state index < -0.39 is 49.4 Å². The SMILES string of the molecule is CC(C)N1C(=O)C[C@@H](NS(=O)(=O)c2ccc(Cl)cc2[N+](=O)[O-])C1=O. The van der Waals surface area contributed by atoms with Crippen molar-refractivity contribution < 1.29 is 22.9 Å². The van der Waals surface area contributed by atoms with Gasteiger partial charge in [-0.05, 0) is 26.0 Å². The smallest absolute Gasteiger partial charge is 0.279 e. The number of likely N-dealkylation sites (tertiary alicyclic amines) is 1. The minimum Gasteiger partial charge on any atom is -0.279 e. The number of hydrogen-bond donors (Lipinski definition) is 1. The maximum atomic E-state index is 12.4. The van der Waals surface area contributed by atoms with Gasteiger partial charge in [0.15, 0.2) is 4.90 Å². The molecule has 9 nitrogen and oxygen atoms in total. The quantitative estimate of drug-likeness (QED) is 0.465. The summed E-state index contributed by atoms with van der Waals surface area (Å²) in [7, 11) is -4.39. The molecule has 1 atom stereocenters. The normalized spacial score (nSPS) is 18.5. The molecule has 11 heteroatoms. The monoisotopic (exact) mass is 375 g/mol. The summed E-state index contributed by atoms with van der Waals surface area (Å²) in [6.45, 7) is 3.24. The Labute approximate surface area is 142 Å². The number of benzene rings is 1. The van der Waals surface area contributed by atoms with Gasteiger partial charge in [-0.15, -0.1) is 0 Å². The molecule has 0 saturated carbocycles. The average molecular weight is 376 g/mol. The van der Waals surface area contributed by atoms with Crippen LogP contribution in [0.15, 0.2) is 23.1 Å². The van der Waals surface area contributed by atoms with Crippen LogP contribution in [0.5, 0.6) is 0 Å². The van der Waals surface area contributed by atoms with Gasteiger partial charge in [0.25, 0.3) is 5.69 Å². The Hall–Kier alpha value is -2.04. The number of sulfonamides is 1. The fourth-order valence-electron chi connectivity index (χ4n) is 2.40. The van der Waals surface area contributed by atoms with E-state index in [0.717, 1.165) is 17.0 Å². The number of nitro benzene ring substituents is 1. The lowest BCUT2D eigenvalue weighted by Crippen LogP contribution is -2.43. The van der Waals surface area contributed by atoms with Crippen LogP contribution in [0, 0.1) is 10.1 Å². The van der Waals surface area contributed by atoms with Crippen molar-refractivity contribution in [3.63, 3.8) is 0 Å². The average Bonchev–Trinajstić information content (AvgIpc) is 2.72. The van der Waals surface area contributed by atoms with E-state index in [-0.39, 0.29) is 11.4 Å². The van der Waals surface area contributed by atoms with Crippen molar-refractivity contribution in [2.45, 2.75) is 37.2 Å². The van der Waals surface area contributed by atoms with Gasteiger partial charge in [0.05, 0.1) is 11.3 Å². The van der Waals surface area contributed by atoms with E-state index in [0.29, 0.717) is 0 Å². The first-order valence-electron chi connectivity index (χ1n) is 6.86. The molecule has 1 fully saturated rings. The topological polar surface area (TPSA) is 127 Å². The van der Waals surface area contributed by atoms with E-state index in [1.807, 2.05) is 0 Å². The molecule has 0 spiro atoms. The Morgan fingerprint density at radius 1 is 1.38 bits per heavy atom. The molecule has 0 aromatic heterocycles. The fraction of sp³-hybridized carbons (Fsp3) is 0.385. The number of carbonyl (C=O) groups excluding carboxylic acids is 2. The van der Waals surface area contributed by atoms with Gasteiger partial charge in [0, 0.05) is 17.1 Å². The first kappa shape index (κ1) is 18.3. The zero-order valence-electron chi connectivity index (χ0n) is 12.7. The second-order valence-corrected chi connectivity index (χ2v) is 7.56. The summed E-state index contributed by atoms with van der Waals surface area (Å²) in [6, 6.07) is 1.36. The molecule has 1 aliphatic rings. The van der Waals surface area contributed by atoms with Crippen LogP contribution >= 0.6 is 11.6 Å². The molecule has 1 aliphatic heterocycles. The highest BCUT2D eigenvalue weighted by Gasteiger charge is 2.42. The highest BCUT2D eigenvalue weighted by molar-refractivity contribution is 7.89. The maximum Gasteiger partial charge on any atom is 0.290 e. The molecule has 2 rings (SSSR count). The molecule has 0 aliphatic carbocycles. The lowest BCUT2D eigenvalue weighted by Gasteiger charge is -2.19. The van der Waals surface area contributed by atoms with E-state index in [1.165, 1.54) is 6.07 Å². The van der Waals surface area contributed by atoms with Crippen LogP contribution in [0.2, 0.25) is 5.02 Å². The van der Waals surface area contributed by atoms with E-state index in [1.54, 1.807) is 13.8 Å². The Balaban J connectivity index is 2.35. The van der Waals surface area contributed by atoms with Gasteiger partial charge in [-0.3, -0.25) is 24.6 Å². The van der Waals surface area contributed by atoms with Crippen LogP contribution in [-0.4, -0.2) is 42.1 Å². The van der Waals surface area contributed by atoms with E-state index in [2.05, 4.69) is 4.72 Å². The van der Waals surface area contributed by atoms with Crippen molar-refractivity contribution in [3.05, 3.63) is 33.3 Å². The summed E-state index contributed by atoms with van der Waals surface area (Å²) < 4.78 is 26.9. The van der Waals surface area contributed by atoms with Gasteiger partial charge in [-0.25, -0.2) is 8.42 Å². The third-order valence-electron chi connectivity index (χ3n) is 3.40. The van der Waals surface area contributed by atoms with Crippen molar-refractivity contribution >= 4 is 39.1 Å². The maximum absolute atomic E-state index is 12.4. The highest BCUT2D eigenvalue weighted by Crippen LogP contribution is 2.28. The molecule has 0 unspecified atom stereocenters. The van der Waals surface area contributed by atoms with Crippen molar-refractivity contribution in [2.24, 2.45) is 0 Å². The Morgan fingerprint density at radius 2 is 2.00 bits per heavy atom. The van der Waals surface area contributed by atoms with Gasteiger partial charge in [-0.2, -0.15) is 4.72 Å². The summed E-state index contributed by atoms with van der Waals surface area (Å²) in [5.41, 5.74) is -0.715. The molecule has 1 N–H and O–H groups in total. The standard InChI is InChI=1S/C13H14ClN3O6S/c1-7(2)16-12(18)6-9(13(16)19)15-24(22,23)11-4-3-8(14)5-10(11)17(20)21/h3-5,7,9,15H,6H2,1-2H3/t9-/m1/s1. The molecular weight excluding hydrogens is 362 g/mol. The van der Waals surface area contributed by atoms with Crippen LogP contribution in [0.25, 0.3) is 0 Å². The molecule has 2 amide bonds. The third-order valence-corrected chi connectivity index (χ3v) is 5.16. The molecule has 1 aromatic rings. The predicted octanol–water partition coefficient (Wildman–Crippen LogP) is 1.06. The second kappa shape index (κ2) is 6.46. The number of imide groups is 1. The zero-order valence-corrected chi connectivity index (χ0v) is 14.3. The molecule has 1 heterocycles. The number of amides is 2. The van der Waals surface area contributed by atoms with Crippen LogP contribution in [0.1, 0.15) is 20.3 Å². The number of nitrogens with one attached hydrogen (secondary N) is 1. The fourth-order valence-corrected chi connectivity index (χ4v) is 3.90. The first-order chi connectivity index (χ1) is 11.0. The summed E-state index contributed by atoms with van der Waals surface area (Å²) in [4.78, 5) is 34.5. The van der Waals surface area contributed by atoms with Crippen LogP contribution < -0.4 is 4.72 Å². The molecule has 1 saturated heterocycles. The first-order valence-corrected chi connectivity index (χ1v) is 8.73. The van der Waals surface area contributed by atoms with Gasteiger partial charge >= 0.3 is 0 Å². The Bertz CT molecular complexity index is 823. The van der Waals surface area contributed by atoms with Gasteiger partial charge in [0.2, 0.25) is 21.8 Å². The minimum absolute atomic E-state index is 0.00115. The summed E-state index contributed by atoms with van der Waals surface area (Å²) in [5, 5.41) is 11.0. The lowest BCUT2D eigenvalue weighted by atomic mass is 10.3. The summed E-state index contributed by atoms with van der Waals surface area (Å²) in [5.74, 6) is -1.19. The molecule has 0 bridgehead atoms. The van der Waals surface area contributed by atoms with Crippen molar-refractivity contribution in [1.29, 1.82) is 0 Å². The van der Waals surface area contributed by atoms with Crippen molar-refractivity contribution in [3.8, 4) is 0 Å². The molecule has 130 valence electrons. The van der Waals surface area contributed by atoms with Crippen LogP contribution in [0.3, 0.4) is 0 Å². The number of nitrogens with zero attached hydrogens (tertiary/aromatic N) is 2. The summed E-state index contributed by atoms with van der Waals surface area (Å²) in [6.07, 6.45) is -0.336. The summed E-state index contributed by atoms with van der Waals surface area (Å²) >= 11 is 5.65. The van der Waals surface area contributed by atoms with Crippen molar-refractivity contribution in [1.82, 2.24) is 9.62 Å².